The molecule has 0 spiro atoms. The average molecular weight is 717 g/mol. The minimum Gasteiger partial charge on any atom is -0.462 e. The Morgan fingerprint density at radius 2 is 0.863 bits per heavy atom. The van der Waals surface area contributed by atoms with Crippen LogP contribution in [-0.2, 0) is 19.1 Å². The van der Waals surface area contributed by atoms with Crippen LogP contribution in [0.2, 0.25) is 0 Å². The van der Waals surface area contributed by atoms with Crippen LogP contribution in [0.3, 0.4) is 0 Å². The predicted molar refractivity (Wildman–Crippen MR) is 216 cm³/mol. The minimum absolute atomic E-state index is 0.0928. The third-order valence-corrected chi connectivity index (χ3v) is 9.18. The number of hydrogen-bond acceptors (Lipinski definition) is 6. The van der Waals surface area contributed by atoms with Crippen molar-refractivity contribution in [2.24, 2.45) is 0 Å². The molecule has 0 aromatic heterocycles. The molecule has 0 rings (SSSR count). The van der Waals surface area contributed by atoms with Gasteiger partial charge >= 0.3 is 11.9 Å². The molecule has 296 valence electrons. The average Bonchev–Trinajstić information content (AvgIpc) is 3.13. The lowest BCUT2D eigenvalue weighted by atomic mass is 10.0. The molecule has 0 amide bonds. The van der Waals surface area contributed by atoms with Gasteiger partial charge < -0.3 is 19.7 Å². The topological polar surface area (TPSA) is 93.1 Å². The van der Waals surface area contributed by atoms with Gasteiger partial charge in [-0.1, -0.05) is 178 Å². The maximum atomic E-state index is 12.2. The zero-order valence-electron chi connectivity index (χ0n) is 33.1. The van der Waals surface area contributed by atoms with Crippen molar-refractivity contribution < 1.29 is 29.3 Å². The summed E-state index contributed by atoms with van der Waals surface area (Å²) in [6, 6.07) is 0. The molecule has 51 heavy (non-hydrogen) atoms. The fourth-order valence-corrected chi connectivity index (χ4v) is 5.94. The summed E-state index contributed by atoms with van der Waals surface area (Å²) < 4.78 is 10.6. The molecule has 0 heterocycles. The zero-order chi connectivity index (χ0) is 37.1. The third kappa shape index (κ3) is 40.4. The van der Waals surface area contributed by atoms with E-state index in [2.05, 4.69) is 55.5 Å². The van der Waals surface area contributed by atoms with Crippen molar-refractivity contribution in [2.75, 3.05) is 19.8 Å². The summed E-state index contributed by atoms with van der Waals surface area (Å²) in [6.45, 7) is 2.12. The Kier molecular flexibility index (Phi) is 40.4. The molecule has 6 heteroatoms. The number of esters is 2. The highest BCUT2D eigenvalue weighted by Gasteiger charge is 2.16. The quantitative estimate of drug-likeness (QED) is 0.0374. The number of allylic oxidation sites excluding steroid dienone is 8. The van der Waals surface area contributed by atoms with Gasteiger partial charge in [0.15, 0.2) is 6.10 Å². The second kappa shape index (κ2) is 42.2. The second-order valence-electron chi connectivity index (χ2n) is 14.1. The summed E-state index contributed by atoms with van der Waals surface area (Å²) in [5.74, 6) is -0.665. The summed E-state index contributed by atoms with van der Waals surface area (Å²) in [6.07, 6.45) is 50.5. The van der Waals surface area contributed by atoms with E-state index in [1.165, 1.54) is 103 Å². The first-order valence-corrected chi connectivity index (χ1v) is 21.3. The van der Waals surface area contributed by atoms with Crippen LogP contribution in [0, 0.1) is 0 Å². The van der Waals surface area contributed by atoms with E-state index >= 15 is 0 Å². The normalized spacial score (nSPS) is 12.6. The van der Waals surface area contributed by atoms with E-state index in [9.17, 15) is 14.7 Å². The Morgan fingerprint density at radius 1 is 0.471 bits per heavy atom. The zero-order valence-corrected chi connectivity index (χ0v) is 33.1. The molecule has 1 atom stereocenters. The molecule has 0 unspecified atom stereocenters. The van der Waals surface area contributed by atoms with Crippen molar-refractivity contribution >= 4 is 11.9 Å². The molecular weight excluding hydrogens is 636 g/mol. The van der Waals surface area contributed by atoms with Crippen molar-refractivity contribution in [3.05, 3.63) is 48.6 Å². The van der Waals surface area contributed by atoms with Crippen LogP contribution in [0.15, 0.2) is 48.6 Å². The van der Waals surface area contributed by atoms with Gasteiger partial charge in [-0.15, -0.1) is 0 Å². The standard InChI is InChI=1S/C45H80O6/c1-2-3-4-5-6-7-8-9-10-11-12-14-17-20-23-26-29-32-35-38-44(48)50-42-43(41-47)51-45(49)39-36-33-30-27-24-21-18-15-13-16-19-22-25-28-31-34-37-40-46/h13,16,18,21-22,25,27,30,43,46-47H,2-12,14-15,17,19-20,23-24,26,28-29,31-42H2,1H3/b16-13-,21-18-,25-22-,30-27-/t43-/m0/s1. The van der Waals surface area contributed by atoms with E-state index in [1.807, 2.05) is 0 Å². The Morgan fingerprint density at radius 3 is 1.31 bits per heavy atom. The molecule has 2 N–H and O–H groups in total. The number of carbonyl (C=O) groups excluding carboxylic acids is 2. The fraction of sp³-hybridized carbons (Fsp3) is 0.778. The van der Waals surface area contributed by atoms with Crippen LogP contribution in [0.25, 0.3) is 0 Å². The van der Waals surface area contributed by atoms with E-state index in [0.717, 1.165) is 70.6 Å². The summed E-state index contributed by atoms with van der Waals surface area (Å²) in [7, 11) is 0. The van der Waals surface area contributed by atoms with Gasteiger partial charge in [-0.25, -0.2) is 0 Å². The molecule has 0 saturated heterocycles. The van der Waals surface area contributed by atoms with E-state index in [0.29, 0.717) is 19.4 Å². The fourth-order valence-electron chi connectivity index (χ4n) is 5.94. The first-order valence-electron chi connectivity index (χ1n) is 21.3. The van der Waals surface area contributed by atoms with Crippen LogP contribution in [0.4, 0.5) is 0 Å². The molecule has 6 nitrogen and oxygen atoms in total. The van der Waals surface area contributed by atoms with Crippen LogP contribution < -0.4 is 0 Å². The molecule has 0 aromatic rings. The lowest BCUT2D eigenvalue weighted by Crippen LogP contribution is -2.28. The number of aliphatic hydroxyl groups excluding tert-OH is 2. The van der Waals surface area contributed by atoms with Crippen molar-refractivity contribution in [1.29, 1.82) is 0 Å². The van der Waals surface area contributed by atoms with Crippen LogP contribution in [-0.4, -0.2) is 48.1 Å². The van der Waals surface area contributed by atoms with Gasteiger partial charge in [0.05, 0.1) is 6.61 Å². The molecule has 0 aliphatic heterocycles. The predicted octanol–water partition coefficient (Wildman–Crippen LogP) is 12.4. The second-order valence-corrected chi connectivity index (χ2v) is 14.1. The highest BCUT2D eigenvalue weighted by atomic mass is 16.6. The first-order chi connectivity index (χ1) is 25.1. The Labute approximate surface area is 314 Å². The SMILES string of the molecule is CCCCCCCCCCCCCCCCCCCCCC(=O)OC[C@H](CO)OC(=O)CCC/C=C\C/C=C\C/C=C\C/C=C\CCCCCO. The molecule has 0 aliphatic carbocycles. The molecule has 0 aliphatic rings. The van der Waals surface area contributed by atoms with Crippen LogP contribution in [0.1, 0.15) is 200 Å². The first kappa shape index (κ1) is 48.8. The number of carbonyl (C=O) groups is 2. The Hall–Kier alpha value is -2.18. The maximum Gasteiger partial charge on any atom is 0.306 e. The summed E-state index contributed by atoms with van der Waals surface area (Å²) in [4.78, 5) is 24.3. The molecule has 0 aromatic carbocycles. The number of rotatable bonds is 39. The number of hydrogen-bond donors (Lipinski definition) is 2. The van der Waals surface area contributed by atoms with Gasteiger partial charge in [-0.2, -0.15) is 0 Å². The van der Waals surface area contributed by atoms with Gasteiger partial charge in [-0.3, -0.25) is 9.59 Å². The van der Waals surface area contributed by atoms with E-state index in [-0.39, 0.29) is 31.6 Å². The molecule has 0 saturated carbocycles. The molecular formula is C45H80O6. The number of aliphatic hydroxyl groups is 2. The number of ether oxygens (including phenoxy) is 2. The highest BCUT2D eigenvalue weighted by Crippen LogP contribution is 2.15. The van der Waals surface area contributed by atoms with Crippen molar-refractivity contribution in [3.8, 4) is 0 Å². The van der Waals surface area contributed by atoms with Gasteiger partial charge in [0.25, 0.3) is 0 Å². The molecule has 0 radical (unpaired) electrons. The number of unbranched alkanes of at least 4 members (excludes halogenated alkanes) is 22. The lowest BCUT2D eigenvalue weighted by molar-refractivity contribution is -0.161. The van der Waals surface area contributed by atoms with Crippen molar-refractivity contribution in [2.45, 2.75) is 206 Å². The lowest BCUT2D eigenvalue weighted by Gasteiger charge is -2.15. The van der Waals surface area contributed by atoms with E-state index < -0.39 is 6.10 Å². The molecule has 0 fully saturated rings. The smallest absolute Gasteiger partial charge is 0.306 e. The van der Waals surface area contributed by atoms with Gasteiger partial charge in [0.1, 0.15) is 6.61 Å². The summed E-state index contributed by atoms with van der Waals surface area (Å²) >= 11 is 0. The van der Waals surface area contributed by atoms with Gasteiger partial charge in [0.2, 0.25) is 0 Å². The van der Waals surface area contributed by atoms with Crippen molar-refractivity contribution in [1.82, 2.24) is 0 Å². The van der Waals surface area contributed by atoms with Gasteiger partial charge in [-0.05, 0) is 57.8 Å². The maximum absolute atomic E-state index is 12.2. The minimum atomic E-state index is -0.806. The summed E-state index contributed by atoms with van der Waals surface area (Å²) in [5.41, 5.74) is 0. The van der Waals surface area contributed by atoms with E-state index in [4.69, 9.17) is 14.6 Å². The van der Waals surface area contributed by atoms with Crippen LogP contribution in [0.5, 0.6) is 0 Å². The Balaban J connectivity index is 3.60. The summed E-state index contributed by atoms with van der Waals surface area (Å²) in [5, 5.41) is 18.3. The molecule has 0 bridgehead atoms. The van der Waals surface area contributed by atoms with Crippen molar-refractivity contribution in [3.63, 3.8) is 0 Å². The largest absolute Gasteiger partial charge is 0.462 e. The highest BCUT2D eigenvalue weighted by molar-refractivity contribution is 5.70. The van der Waals surface area contributed by atoms with Crippen LogP contribution >= 0.6 is 0 Å². The monoisotopic (exact) mass is 717 g/mol. The van der Waals surface area contributed by atoms with Gasteiger partial charge in [0, 0.05) is 19.4 Å². The van der Waals surface area contributed by atoms with E-state index in [1.54, 1.807) is 0 Å². The third-order valence-electron chi connectivity index (χ3n) is 9.18. The Bertz CT molecular complexity index is 861.